The zero-order valence-electron chi connectivity index (χ0n) is 22.9. The van der Waals surface area contributed by atoms with Crippen LogP contribution >= 0.6 is 23.4 Å². The van der Waals surface area contributed by atoms with Gasteiger partial charge in [-0.1, -0.05) is 72.3 Å². The van der Waals surface area contributed by atoms with Crippen LogP contribution in [0.1, 0.15) is 33.6 Å². The average molecular weight is 607 g/mol. The summed E-state index contributed by atoms with van der Waals surface area (Å²) in [5, 5.41) is 10.1. The van der Waals surface area contributed by atoms with Crippen LogP contribution in [0.5, 0.6) is 5.75 Å². The fraction of sp³-hybridized carbons (Fsp3) is 0.114. The maximum Gasteiger partial charge on any atom is 0.338 e. The highest BCUT2D eigenvalue weighted by Gasteiger charge is 2.49. The van der Waals surface area contributed by atoms with Gasteiger partial charge in [-0.05, 0) is 76.9 Å². The number of ether oxygens (including phenoxy) is 1. The molecule has 0 saturated carbocycles. The van der Waals surface area contributed by atoms with Crippen LogP contribution in [-0.4, -0.2) is 33.0 Å². The molecule has 0 bridgehead atoms. The molecule has 1 aliphatic rings. The molecule has 43 heavy (non-hydrogen) atoms. The fourth-order valence-corrected chi connectivity index (χ4v) is 6.58. The molecule has 6 nitrogen and oxygen atoms in total. The van der Waals surface area contributed by atoms with E-state index in [1.165, 1.54) is 11.8 Å². The average Bonchev–Trinajstić information content (AvgIpc) is 3.05. The second-order valence-corrected chi connectivity index (χ2v) is 11.7. The predicted molar refractivity (Wildman–Crippen MR) is 170 cm³/mol. The summed E-state index contributed by atoms with van der Waals surface area (Å²) in [4.78, 5) is 32.7. The SMILES string of the molecule is O=C(O[C@@H](CS[C@H]1C(=O)N(c2ccc(-c3cccnc3)cc2)[C@H]1c1ccc(O)cc1)c1ccc(Cl)cc1)c1ccccc1. The van der Waals surface area contributed by atoms with Gasteiger partial charge in [0.15, 0.2) is 0 Å². The molecule has 4 aromatic carbocycles. The monoisotopic (exact) mass is 606 g/mol. The highest BCUT2D eigenvalue weighted by atomic mass is 35.5. The van der Waals surface area contributed by atoms with Gasteiger partial charge in [-0.25, -0.2) is 4.79 Å². The number of pyridine rings is 1. The lowest BCUT2D eigenvalue weighted by Gasteiger charge is -2.47. The highest BCUT2D eigenvalue weighted by molar-refractivity contribution is 8.00. The first-order chi connectivity index (χ1) is 21.0. The van der Waals surface area contributed by atoms with Gasteiger partial charge in [0.1, 0.15) is 17.1 Å². The molecular formula is C35H27ClN2O4S. The molecule has 0 unspecified atom stereocenters. The third-order valence-corrected chi connectivity index (χ3v) is 8.91. The molecule has 8 heteroatoms. The number of hydrogen-bond acceptors (Lipinski definition) is 6. The van der Waals surface area contributed by atoms with Crippen LogP contribution in [-0.2, 0) is 9.53 Å². The van der Waals surface area contributed by atoms with E-state index in [0.717, 1.165) is 27.9 Å². The quantitative estimate of drug-likeness (QED) is 0.136. The van der Waals surface area contributed by atoms with E-state index in [0.29, 0.717) is 16.3 Å². The molecule has 1 aromatic heterocycles. The van der Waals surface area contributed by atoms with Gasteiger partial charge in [-0.3, -0.25) is 9.78 Å². The van der Waals surface area contributed by atoms with Gasteiger partial charge in [0, 0.05) is 28.9 Å². The maximum absolute atomic E-state index is 13.7. The van der Waals surface area contributed by atoms with Gasteiger partial charge in [0.25, 0.3) is 0 Å². The number of nitrogens with zero attached hydrogens (tertiary/aromatic N) is 2. The Morgan fingerprint density at radius 3 is 2.28 bits per heavy atom. The van der Waals surface area contributed by atoms with E-state index in [1.54, 1.807) is 65.8 Å². The Balaban J connectivity index is 1.25. The topological polar surface area (TPSA) is 79.7 Å². The van der Waals surface area contributed by atoms with Crippen molar-refractivity contribution in [3.63, 3.8) is 0 Å². The van der Waals surface area contributed by atoms with Gasteiger partial charge in [-0.15, -0.1) is 11.8 Å². The van der Waals surface area contributed by atoms with Crippen molar-refractivity contribution in [1.82, 2.24) is 4.98 Å². The Labute approximate surface area is 258 Å². The minimum atomic E-state index is -0.601. The van der Waals surface area contributed by atoms with Gasteiger partial charge in [-0.2, -0.15) is 0 Å². The van der Waals surface area contributed by atoms with E-state index in [1.807, 2.05) is 66.7 Å². The van der Waals surface area contributed by atoms with Crippen molar-refractivity contribution in [2.24, 2.45) is 0 Å². The third-order valence-electron chi connectivity index (χ3n) is 7.35. The summed E-state index contributed by atoms with van der Waals surface area (Å²) in [6, 6.07) is 34.4. The normalized spacial score (nSPS) is 16.8. The van der Waals surface area contributed by atoms with Crippen LogP contribution in [0.2, 0.25) is 5.02 Å². The van der Waals surface area contributed by atoms with Crippen molar-refractivity contribution in [2.75, 3.05) is 10.7 Å². The Bertz CT molecular complexity index is 1700. The van der Waals surface area contributed by atoms with Crippen LogP contribution < -0.4 is 4.90 Å². The first-order valence-corrected chi connectivity index (χ1v) is 15.2. The first-order valence-electron chi connectivity index (χ1n) is 13.7. The van der Waals surface area contributed by atoms with Crippen molar-refractivity contribution >= 4 is 40.9 Å². The standard InChI is InChI=1S/C35H27ClN2O4S/c36-28-14-8-24(9-15-28)31(42-35(41)26-5-2-1-3-6-26)22-43-33-32(25-12-18-30(39)19-13-25)38(34(33)40)29-16-10-23(11-17-29)27-7-4-20-37-21-27/h1-21,31-33,39H,22H2/t31-,32-,33+/m0/s1. The van der Waals surface area contributed by atoms with Crippen molar-refractivity contribution in [3.8, 4) is 16.9 Å². The van der Waals surface area contributed by atoms with Crippen molar-refractivity contribution in [1.29, 1.82) is 0 Å². The van der Waals surface area contributed by atoms with Crippen LogP contribution in [0.3, 0.4) is 0 Å². The number of aromatic hydroxyl groups is 1. The zero-order chi connectivity index (χ0) is 29.8. The molecule has 1 amide bonds. The van der Waals surface area contributed by atoms with Crippen LogP contribution in [0.15, 0.2) is 128 Å². The van der Waals surface area contributed by atoms with E-state index in [9.17, 15) is 14.7 Å². The molecule has 3 atom stereocenters. The number of phenols is 1. The Morgan fingerprint density at radius 2 is 1.60 bits per heavy atom. The summed E-state index contributed by atoms with van der Waals surface area (Å²) in [5.74, 6) is 0.0356. The number of hydrogen-bond donors (Lipinski definition) is 1. The summed E-state index contributed by atoms with van der Waals surface area (Å²) < 4.78 is 5.97. The highest BCUT2D eigenvalue weighted by Crippen LogP contribution is 2.46. The summed E-state index contributed by atoms with van der Waals surface area (Å²) in [6.07, 6.45) is 2.94. The number of β-lactam (4-membered cyclic amide) rings is 1. The summed E-state index contributed by atoms with van der Waals surface area (Å²) in [7, 11) is 0. The number of benzene rings is 4. The molecule has 1 fully saturated rings. The number of rotatable bonds is 9. The lowest BCUT2D eigenvalue weighted by atomic mass is 9.92. The van der Waals surface area contributed by atoms with Crippen molar-refractivity contribution in [2.45, 2.75) is 17.4 Å². The molecular weight excluding hydrogens is 580 g/mol. The zero-order valence-corrected chi connectivity index (χ0v) is 24.5. The van der Waals surface area contributed by atoms with Crippen molar-refractivity contribution < 1.29 is 19.4 Å². The van der Waals surface area contributed by atoms with E-state index in [4.69, 9.17) is 16.3 Å². The van der Waals surface area contributed by atoms with E-state index in [-0.39, 0.29) is 17.7 Å². The minimum Gasteiger partial charge on any atom is -0.508 e. The summed E-state index contributed by atoms with van der Waals surface area (Å²) in [6.45, 7) is 0. The third kappa shape index (κ3) is 6.28. The Kier molecular flexibility index (Phi) is 8.45. The first kappa shape index (κ1) is 28.5. The fourth-order valence-electron chi connectivity index (χ4n) is 5.09. The van der Waals surface area contributed by atoms with E-state index in [2.05, 4.69) is 4.98 Å². The number of anilines is 1. The molecule has 5 aromatic rings. The van der Waals surface area contributed by atoms with Gasteiger partial charge in [0.2, 0.25) is 5.91 Å². The lowest BCUT2D eigenvalue weighted by Crippen LogP contribution is -2.57. The number of phenolic OH excluding ortho intramolecular Hbond substituents is 1. The second kappa shape index (κ2) is 12.7. The lowest BCUT2D eigenvalue weighted by molar-refractivity contribution is -0.123. The van der Waals surface area contributed by atoms with Crippen LogP contribution in [0.25, 0.3) is 11.1 Å². The van der Waals surface area contributed by atoms with Crippen LogP contribution in [0, 0.1) is 0 Å². The number of halogens is 1. The minimum absolute atomic E-state index is 0.0403. The van der Waals surface area contributed by atoms with Crippen molar-refractivity contribution in [3.05, 3.63) is 149 Å². The Hall–Kier alpha value is -4.59. The second-order valence-electron chi connectivity index (χ2n) is 10.1. The molecule has 0 radical (unpaired) electrons. The van der Waals surface area contributed by atoms with Gasteiger partial charge >= 0.3 is 5.97 Å². The van der Waals surface area contributed by atoms with E-state index >= 15 is 0 Å². The molecule has 0 aliphatic carbocycles. The van der Waals surface area contributed by atoms with Gasteiger partial charge in [0.05, 0.1) is 11.6 Å². The molecule has 0 spiro atoms. The van der Waals surface area contributed by atoms with Crippen LogP contribution in [0.4, 0.5) is 5.69 Å². The maximum atomic E-state index is 13.7. The number of amides is 1. The number of carbonyl (C=O) groups excluding carboxylic acids is 2. The number of aromatic nitrogens is 1. The van der Waals surface area contributed by atoms with E-state index < -0.39 is 17.3 Å². The predicted octanol–water partition coefficient (Wildman–Crippen LogP) is 7.90. The molecule has 6 rings (SSSR count). The molecule has 1 saturated heterocycles. The number of esters is 1. The number of carbonyl (C=O) groups is 2. The largest absolute Gasteiger partial charge is 0.508 e. The smallest absolute Gasteiger partial charge is 0.338 e. The summed E-state index contributed by atoms with van der Waals surface area (Å²) >= 11 is 7.58. The Morgan fingerprint density at radius 1 is 0.884 bits per heavy atom. The molecule has 2 heterocycles. The number of thioether (sulfide) groups is 1. The van der Waals surface area contributed by atoms with Gasteiger partial charge < -0.3 is 14.7 Å². The molecule has 1 aliphatic heterocycles. The molecule has 214 valence electrons. The summed E-state index contributed by atoms with van der Waals surface area (Å²) in [5.41, 5.74) is 4.91. The molecule has 1 N–H and O–H groups in total.